The highest BCUT2D eigenvalue weighted by atomic mass is 15.1. The van der Waals surface area contributed by atoms with Gasteiger partial charge in [0.1, 0.15) is 0 Å². The topological polar surface area (TPSA) is 15.3 Å². The van der Waals surface area contributed by atoms with E-state index in [1.807, 2.05) is 13.1 Å². The van der Waals surface area contributed by atoms with Crippen molar-refractivity contribution in [1.29, 1.82) is 0 Å². The number of hydrogen-bond donors (Lipinski definition) is 1. The molecular formula is C11H24N2. The zero-order chi connectivity index (χ0) is 10.1. The molecule has 0 spiro atoms. The van der Waals surface area contributed by atoms with Gasteiger partial charge in [0.05, 0.1) is 0 Å². The first-order valence-corrected chi connectivity index (χ1v) is 5.28. The van der Waals surface area contributed by atoms with Gasteiger partial charge in [0.15, 0.2) is 0 Å². The van der Waals surface area contributed by atoms with Gasteiger partial charge in [0, 0.05) is 6.04 Å². The Kier molecular flexibility index (Phi) is 8.05. The third-order valence-corrected chi connectivity index (χ3v) is 2.55. The maximum Gasteiger partial charge on any atom is 0.0111 e. The molecule has 78 valence electrons. The lowest BCUT2D eigenvalue weighted by Gasteiger charge is -2.21. The molecule has 0 aliphatic rings. The van der Waals surface area contributed by atoms with Crippen LogP contribution >= 0.6 is 0 Å². The normalized spacial score (nSPS) is 13.2. The van der Waals surface area contributed by atoms with Crippen molar-refractivity contribution < 1.29 is 0 Å². The Hall–Kier alpha value is -0.340. The summed E-state index contributed by atoms with van der Waals surface area (Å²) in [6, 6.07) is 0.595. The van der Waals surface area contributed by atoms with Crippen molar-refractivity contribution in [3.05, 3.63) is 12.7 Å². The van der Waals surface area contributed by atoms with Crippen LogP contribution in [0.1, 0.15) is 26.7 Å². The largest absolute Gasteiger partial charge is 0.317 e. The van der Waals surface area contributed by atoms with Crippen molar-refractivity contribution in [1.82, 2.24) is 10.2 Å². The van der Waals surface area contributed by atoms with Crippen molar-refractivity contribution in [3.63, 3.8) is 0 Å². The molecule has 0 heterocycles. The first-order chi connectivity index (χ1) is 6.28. The Balaban J connectivity index is 3.62. The summed E-state index contributed by atoms with van der Waals surface area (Å²) in [6.07, 6.45) is 4.27. The van der Waals surface area contributed by atoms with Gasteiger partial charge in [0.2, 0.25) is 0 Å². The summed E-state index contributed by atoms with van der Waals surface area (Å²) in [4.78, 5) is 2.45. The van der Waals surface area contributed by atoms with E-state index >= 15 is 0 Å². The molecule has 2 heteroatoms. The van der Waals surface area contributed by atoms with E-state index in [-0.39, 0.29) is 0 Å². The highest BCUT2D eigenvalue weighted by Gasteiger charge is 2.05. The van der Waals surface area contributed by atoms with E-state index in [4.69, 9.17) is 0 Å². The van der Waals surface area contributed by atoms with Gasteiger partial charge in [-0.05, 0) is 39.5 Å². The van der Waals surface area contributed by atoms with Crippen LogP contribution in [0.5, 0.6) is 0 Å². The predicted molar refractivity (Wildman–Crippen MR) is 60.1 cm³/mol. The highest BCUT2D eigenvalue weighted by molar-refractivity contribution is 4.77. The van der Waals surface area contributed by atoms with Gasteiger partial charge in [-0.1, -0.05) is 19.9 Å². The molecule has 13 heavy (non-hydrogen) atoms. The molecule has 0 rings (SSSR count). The second-order valence-electron chi connectivity index (χ2n) is 3.33. The Bertz CT molecular complexity index is 119. The van der Waals surface area contributed by atoms with Crippen LogP contribution in [0, 0.1) is 0 Å². The molecule has 1 N–H and O–H groups in total. The summed E-state index contributed by atoms with van der Waals surface area (Å²) in [5, 5.41) is 3.31. The summed E-state index contributed by atoms with van der Waals surface area (Å²) in [7, 11) is 2.02. The summed E-state index contributed by atoms with van der Waals surface area (Å²) in [5.41, 5.74) is 0. The lowest BCUT2D eigenvalue weighted by molar-refractivity contribution is 0.284. The van der Waals surface area contributed by atoms with Gasteiger partial charge in [0.25, 0.3) is 0 Å². The molecule has 0 aromatic carbocycles. The van der Waals surface area contributed by atoms with Crippen LogP contribution in [0.15, 0.2) is 12.7 Å². The van der Waals surface area contributed by atoms with Crippen molar-refractivity contribution in [3.8, 4) is 0 Å². The maximum atomic E-state index is 3.76. The first kappa shape index (κ1) is 12.7. The van der Waals surface area contributed by atoms with Crippen LogP contribution < -0.4 is 5.32 Å². The highest BCUT2D eigenvalue weighted by Crippen LogP contribution is 2.00. The number of rotatable bonds is 8. The summed E-state index contributed by atoms with van der Waals surface area (Å²) in [5.74, 6) is 0. The fraction of sp³-hybridized carbons (Fsp3) is 0.818. The van der Waals surface area contributed by atoms with Crippen LogP contribution in [-0.2, 0) is 0 Å². The van der Waals surface area contributed by atoms with Crippen LogP contribution in [0.3, 0.4) is 0 Å². The van der Waals surface area contributed by atoms with Gasteiger partial charge in [-0.3, -0.25) is 0 Å². The predicted octanol–water partition coefficient (Wildman–Crippen LogP) is 1.88. The molecule has 0 aromatic rings. The van der Waals surface area contributed by atoms with E-state index in [0.29, 0.717) is 6.04 Å². The zero-order valence-corrected chi connectivity index (χ0v) is 9.34. The number of nitrogens with zero attached hydrogens (tertiary/aromatic N) is 1. The molecule has 0 saturated heterocycles. The van der Waals surface area contributed by atoms with E-state index in [9.17, 15) is 0 Å². The summed E-state index contributed by atoms with van der Waals surface area (Å²) >= 11 is 0. The van der Waals surface area contributed by atoms with E-state index in [1.54, 1.807) is 0 Å². The van der Waals surface area contributed by atoms with Crippen molar-refractivity contribution >= 4 is 0 Å². The van der Waals surface area contributed by atoms with Gasteiger partial charge >= 0.3 is 0 Å². The molecule has 0 fully saturated rings. The van der Waals surface area contributed by atoms with E-state index in [2.05, 4.69) is 30.6 Å². The maximum absolute atomic E-state index is 3.76. The number of hydrogen-bond acceptors (Lipinski definition) is 2. The molecule has 0 radical (unpaired) electrons. The third kappa shape index (κ3) is 5.83. The van der Waals surface area contributed by atoms with Gasteiger partial charge in [-0.15, -0.1) is 6.58 Å². The Morgan fingerprint density at radius 1 is 1.38 bits per heavy atom. The fourth-order valence-corrected chi connectivity index (χ4v) is 1.46. The molecule has 0 aliphatic heterocycles. The van der Waals surface area contributed by atoms with Crippen LogP contribution in [0.2, 0.25) is 0 Å². The molecule has 0 aromatic heterocycles. The summed E-state index contributed by atoms with van der Waals surface area (Å²) < 4.78 is 0. The second kappa shape index (κ2) is 8.27. The smallest absolute Gasteiger partial charge is 0.0111 e. The van der Waals surface area contributed by atoms with Gasteiger partial charge in [-0.2, -0.15) is 0 Å². The van der Waals surface area contributed by atoms with Crippen molar-refractivity contribution in [2.75, 3.05) is 26.7 Å². The standard InChI is InChI=1S/C11H24N2/c1-5-8-11(12-4)9-10-13(6-2)7-3/h5,11-12H,1,6-10H2,2-4H3. The minimum absolute atomic E-state index is 0.595. The molecule has 0 saturated carbocycles. The zero-order valence-electron chi connectivity index (χ0n) is 9.34. The Labute approximate surface area is 83.0 Å². The monoisotopic (exact) mass is 184 g/mol. The van der Waals surface area contributed by atoms with Gasteiger partial charge in [-0.25, -0.2) is 0 Å². The third-order valence-electron chi connectivity index (χ3n) is 2.55. The van der Waals surface area contributed by atoms with Crippen molar-refractivity contribution in [2.24, 2.45) is 0 Å². The number of nitrogens with one attached hydrogen (secondary N) is 1. The minimum atomic E-state index is 0.595. The molecule has 0 amide bonds. The van der Waals surface area contributed by atoms with Crippen molar-refractivity contribution in [2.45, 2.75) is 32.7 Å². The summed E-state index contributed by atoms with van der Waals surface area (Å²) in [6.45, 7) is 11.7. The Morgan fingerprint density at radius 3 is 2.38 bits per heavy atom. The van der Waals surface area contributed by atoms with Crippen LogP contribution in [0.4, 0.5) is 0 Å². The lowest BCUT2D eigenvalue weighted by atomic mass is 10.1. The van der Waals surface area contributed by atoms with E-state index in [0.717, 1.165) is 19.5 Å². The molecular weight excluding hydrogens is 160 g/mol. The SMILES string of the molecule is C=CCC(CCN(CC)CC)NC. The fourth-order valence-electron chi connectivity index (χ4n) is 1.46. The quantitative estimate of drug-likeness (QED) is 0.579. The molecule has 2 nitrogen and oxygen atoms in total. The first-order valence-electron chi connectivity index (χ1n) is 5.28. The average molecular weight is 184 g/mol. The lowest BCUT2D eigenvalue weighted by Crippen LogP contribution is -2.32. The molecule has 0 aliphatic carbocycles. The van der Waals surface area contributed by atoms with Gasteiger partial charge < -0.3 is 10.2 Å². The average Bonchev–Trinajstić information content (AvgIpc) is 2.17. The molecule has 1 unspecified atom stereocenters. The molecule has 1 atom stereocenters. The minimum Gasteiger partial charge on any atom is -0.317 e. The van der Waals surface area contributed by atoms with Crippen LogP contribution in [-0.4, -0.2) is 37.6 Å². The van der Waals surface area contributed by atoms with Crippen LogP contribution in [0.25, 0.3) is 0 Å². The Morgan fingerprint density at radius 2 is 2.00 bits per heavy atom. The molecule has 0 bridgehead atoms. The van der Waals surface area contributed by atoms with E-state index in [1.165, 1.54) is 13.0 Å². The van der Waals surface area contributed by atoms with E-state index < -0.39 is 0 Å². The second-order valence-corrected chi connectivity index (χ2v) is 3.33.